The second-order valence-electron chi connectivity index (χ2n) is 4.18. The number of rotatable bonds is 3. The molecule has 18 heavy (non-hydrogen) atoms. The Hall–Kier alpha value is -1.63. The molecule has 0 aromatic carbocycles. The lowest BCUT2D eigenvalue weighted by Crippen LogP contribution is -2.61. The lowest BCUT2D eigenvalue weighted by molar-refractivity contribution is -0.187. The minimum Gasteiger partial charge on any atom is -0.348 e. The number of nitrogens with two attached hydrogens (primary N) is 1. The van der Waals surface area contributed by atoms with Gasteiger partial charge in [0.05, 0.1) is 6.04 Å². The number of hydrogen-bond donors (Lipinski definition) is 2. The zero-order valence-electron chi connectivity index (χ0n) is 9.95. The van der Waals surface area contributed by atoms with Crippen LogP contribution in [0.25, 0.3) is 0 Å². The van der Waals surface area contributed by atoms with E-state index in [0.717, 1.165) is 0 Å². The van der Waals surface area contributed by atoms with Crippen LogP contribution in [0.15, 0.2) is 24.5 Å². The molecule has 1 unspecified atom stereocenters. The van der Waals surface area contributed by atoms with Crippen LogP contribution in [-0.2, 0) is 4.79 Å². The number of amides is 1. The van der Waals surface area contributed by atoms with E-state index in [4.69, 9.17) is 5.73 Å². The van der Waals surface area contributed by atoms with Gasteiger partial charge < -0.3 is 11.1 Å². The van der Waals surface area contributed by atoms with E-state index in [0.29, 0.717) is 12.5 Å². The van der Waals surface area contributed by atoms with Gasteiger partial charge in [-0.1, -0.05) is 0 Å². The van der Waals surface area contributed by atoms with Crippen molar-refractivity contribution >= 4 is 5.91 Å². The summed E-state index contributed by atoms with van der Waals surface area (Å²) in [5.74, 6) is -1.26. The largest absolute Gasteiger partial charge is 0.415 e. The van der Waals surface area contributed by atoms with E-state index >= 15 is 0 Å². The van der Waals surface area contributed by atoms with Gasteiger partial charge in [0.1, 0.15) is 0 Å². The molecule has 0 fully saturated rings. The minimum atomic E-state index is -4.80. The van der Waals surface area contributed by atoms with Crippen molar-refractivity contribution in [3.05, 3.63) is 30.1 Å². The number of nitrogens with one attached hydrogen (secondary N) is 1. The smallest absolute Gasteiger partial charge is 0.348 e. The fourth-order valence-corrected chi connectivity index (χ4v) is 1.21. The Morgan fingerprint density at radius 2 is 1.89 bits per heavy atom. The second-order valence-corrected chi connectivity index (χ2v) is 4.18. The van der Waals surface area contributed by atoms with E-state index in [1.54, 1.807) is 19.1 Å². The molecular formula is C11H14F3N3O. The molecule has 2 atom stereocenters. The van der Waals surface area contributed by atoms with Gasteiger partial charge >= 0.3 is 6.18 Å². The average molecular weight is 261 g/mol. The Balaban J connectivity index is 2.78. The van der Waals surface area contributed by atoms with Crippen molar-refractivity contribution in [1.29, 1.82) is 0 Å². The number of alkyl halides is 3. The predicted molar refractivity (Wildman–Crippen MR) is 59.4 cm³/mol. The van der Waals surface area contributed by atoms with Crippen molar-refractivity contribution in [2.24, 2.45) is 5.73 Å². The van der Waals surface area contributed by atoms with Crippen molar-refractivity contribution in [3.63, 3.8) is 0 Å². The number of aromatic nitrogens is 1. The molecule has 7 heteroatoms. The monoisotopic (exact) mass is 261 g/mol. The van der Waals surface area contributed by atoms with Crippen LogP contribution in [-0.4, -0.2) is 22.6 Å². The highest BCUT2D eigenvalue weighted by Crippen LogP contribution is 2.28. The van der Waals surface area contributed by atoms with Crippen LogP contribution in [0.5, 0.6) is 0 Å². The Morgan fingerprint density at radius 1 is 1.39 bits per heavy atom. The van der Waals surface area contributed by atoms with E-state index < -0.39 is 23.7 Å². The highest BCUT2D eigenvalue weighted by atomic mass is 19.4. The quantitative estimate of drug-likeness (QED) is 0.867. The normalized spacial score (nSPS) is 16.8. The maximum atomic E-state index is 12.5. The number of nitrogens with zero attached hydrogens (tertiary/aromatic N) is 1. The third-order valence-corrected chi connectivity index (χ3v) is 2.61. The highest BCUT2D eigenvalue weighted by molar-refractivity contribution is 5.86. The summed E-state index contributed by atoms with van der Waals surface area (Å²) < 4.78 is 37.6. The zero-order chi connectivity index (χ0) is 14.0. The summed E-state index contributed by atoms with van der Waals surface area (Å²) in [6.45, 7) is 2.21. The summed E-state index contributed by atoms with van der Waals surface area (Å²) in [5.41, 5.74) is 2.76. The van der Waals surface area contributed by atoms with Crippen molar-refractivity contribution < 1.29 is 18.0 Å². The first kappa shape index (κ1) is 14.4. The van der Waals surface area contributed by atoms with Crippen LogP contribution in [0.1, 0.15) is 25.5 Å². The zero-order valence-corrected chi connectivity index (χ0v) is 9.95. The molecule has 0 saturated heterocycles. The topological polar surface area (TPSA) is 68.0 Å². The minimum absolute atomic E-state index is 0.578. The average Bonchev–Trinajstić information content (AvgIpc) is 2.28. The number of carbonyl (C=O) groups excluding carboxylic acids is 1. The first-order valence-corrected chi connectivity index (χ1v) is 5.22. The van der Waals surface area contributed by atoms with E-state index in [2.05, 4.69) is 10.3 Å². The summed E-state index contributed by atoms with van der Waals surface area (Å²) >= 11 is 0. The molecule has 0 bridgehead atoms. The van der Waals surface area contributed by atoms with Gasteiger partial charge in [0.25, 0.3) is 0 Å². The molecule has 0 spiro atoms. The fourth-order valence-electron chi connectivity index (χ4n) is 1.21. The summed E-state index contributed by atoms with van der Waals surface area (Å²) in [4.78, 5) is 15.3. The van der Waals surface area contributed by atoms with Crippen molar-refractivity contribution in [2.75, 3.05) is 0 Å². The second kappa shape index (κ2) is 4.93. The molecule has 1 amide bonds. The van der Waals surface area contributed by atoms with Crippen LogP contribution >= 0.6 is 0 Å². The molecule has 100 valence electrons. The SMILES string of the molecule is C[C@H](NC(=O)C(C)(N)C(F)(F)F)c1ccncc1. The molecule has 3 N–H and O–H groups in total. The lowest BCUT2D eigenvalue weighted by atomic mass is 10.0. The van der Waals surface area contributed by atoms with Crippen LogP contribution in [0, 0.1) is 0 Å². The van der Waals surface area contributed by atoms with Crippen LogP contribution in [0.3, 0.4) is 0 Å². The summed E-state index contributed by atoms with van der Waals surface area (Å²) in [7, 11) is 0. The Kier molecular flexibility index (Phi) is 3.95. The molecule has 1 heterocycles. The van der Waals surface area contributed by atoms with Gasteiger partial charge in [0.2, 0.25) is 5.91 Å². The van der Waals surface area contributed by atoms with E-state index in [1.807, 2.05) is 0 Å². The van der Waals surface area contributed by atoms with Crippen molar-refractivity contribution in [2.45, 2.75) is 31.6 Å². The molecule has 0 radical (unpaired) electrons. The van der Waals surface area contributed by atoms with Crippen LogP contribution < -0.4 is 11.1 Å². The summed E-state index contributed by atoms with van der Waals surface area (Å²) in [5, 5.41) is 2.23. The van der Waals surface area contributed by atoms with Gasteiger partial charge in [-0.2, -0.15) is 13.2 Å². The molecule has 1 rings (SSSR count). The molecule has 1 aromatic heterocycles. The Morgan fingerprint density at radius 3 is 2.33 bits per heavy atom. The molecule has 0 aliphatic carbocycles. The van der Waals surface area contributed by atoms with Gasteiger partial charge in [0, 0.05) is 12.4 Å². The standard InChI is InChI=1S/C11H14F3N3O/c1-7(8-3-5-16-6-4-8)17-9(18)10(2,15)11(12,13)14/h3-7H,15H2,1-2H3,(H,17,18)/t7-,10?/m0/s1. The van der Waals surface area contributed by atoms with Crippen molar-refractivity contribution in [1.82, 2.24) is 10.3 Å². The third kappa shape index (κ3) is 2.98. The molecule has 0 aliphatic heterocycles. The number of pyridine rings is 1. The molecule has 4 nitrogen and oxygen atoms in total. The highest BCUT2D eigenvalue weighted by Gasteiger charge is 2.54. The first-order chi connectivity index (χ1) is 8.16. The number of carbonyl (C=O) groups is 1. The van der Waals surface area contributed by atoms with Gasteiger partial charge in [-0.15, -0.1) is 0 Å². The van der Waals surface area contributed by atoms with Gasteiger partial charge in [-0.3, -0.25) is 9.78 Å². The predicted octanol–water partition coefficient (Wildman–Crippen LogP) is 1.54. The van der Waals surface area contributed by atoms with Gasteiger partial charge in [-0.25, -0.2) is 0 Å². The molecular weight excluding hydrogens is 247 g/mol. The van der Waals surface area contributed by atoms with Crippen LogP contribution in [0.4, 0.5) is 13.2 Å². The van der Waals surface area contributed by atoms with E-state index in [9.17, 15) is 18.0 Å². The molecule has 1 aromatic rings. The molecule has 0 saturated carbocycles. The van der Waals surface area contributed by atoms with Gasteiger partial charge in [0.15, 0.2) is 5.54 Å². The summed E-state index contributed by atoms with van der Waals surface area (Å²) in [6, 6.07) is 2.63. The number of halogens is 3. The third-order valence-electron chi connectivity index (χ3n) is 2.61. The van der Waals surface area contributed by atoms with Crippen LogP contribution in [0.2, 0.25) is 0 Å². The molecule has 0 aliphatic rings. The maximum Gasteiger partial charge on any atom is 0.415 e. The lowest BCUT2D eigenvalue weighted by Gasteiger charge is -2.28. The maximum absolute atomic E-state index is 12.5. The van der Waals surface area contributed by atoms with E-state index in [1.165, 1.54) is 12.4 Å². The summed E-state index contributed by atoms with van der Waals surface area (Å²) in [6.07, 6.45) is -1.82. The Labute approximate surface area is 102 Å². The van der Waals surface area contributed by atoms with E-state index in [-0.39, 0.29) is 0 Å². The fraction of sp³-hybridized carbons (Fsp3) is 0.455. The number of hydrogen-bond acceptors (Lipinski definition) is 3. The van der Waals surface area contributed by atoms with Gasteiger partial charge in [-0.05, 0) is 31.5 Å². The van der Waals surface area contributed by atoms with Crippen molar-refractivity contribution in [3.8, 4) is 0 Å². The Bertz CT molecular complexity index is 417. The first-order valence-electron chi connectivity index (χ1n) is 5.22.